The number of hydrogen-bond donors (Lipinski definition) is 0. The second kappa shape index (κ2) is 10.6. The minimum Gasteiger partial charge on any atom is -0.379 e. The van der Waals surface area contributed by atoms with Crippen molar-refractivity contribution >= 4 is 11.6 Å². The molecule has 6 nitrogen and oxygen atoms in total. The molecular weight excluding hydrogens is 540 g/mol. The van der Waals surface area contributed by atoms with E-state index in [9.17, 15) is 31.1 Å². The fourth-order valence-electron chi connectivity index (χ4n) is 7.55. The predicted octanol–water partition coefficient (Wildman–Crippen LogP) is 5.79. The summed E-state index contributed by atoms with van der Waals surface area (Å²) in [7, 11) is 1.70. The van der Waals surface area contributed by atoms with E-state index in [1.165, 1.54) is 0 Å². The summed E-state index contributed by atoms with van der Waals surface area (Å²) in [5.41, 5.74) is -3.80. The Morgan fingerprint density at radius 1 is 1.10 bits per heavy atom. The van der Waals surface area contributed by atoms with E-state index in [0.717, 1.165) is 32.1 Å². The number of ether oxygens (including phenoxy) is 2. The van der Waals surface area contributed by atoms with Crippen LogP contribution in [0.4, 0.5) is 32.0 Å². The van der Waals surface area contributed by atoms with Gasteiger partial charge in [0.05, 0.1) is 24.2 Å². The molecule has 0 radical (unpaired) electrons. The lowest BCUT2D eigenvalue weighted by atomic mass is 9.73. The molecule has 1 saturated carbocycles. The van der Waals surface area contributed by atoms with Crippen LogP contribution in [0.15, 0.2) is 12.1 Å². The van der Waals surface area contributed by atoms with E-state index >= 15 is 0 Å². The van der Waals surface area contributed by atoms with E-state index in [4.69, 9.17) is 9.47 Å². The first-order valence-electron chi connectivity index (χ1n) is 14.1. The number of piperazine rings is 1. The van der Waals surface area contributed by atoms with Crippen molar-refractivity contribution in [3.8, 4) is 0 Å². The van der Waals surface area contributed by atoms with Gasteiger partial charge in [-0.3, -0.25) is 4.79 Å². The average Bonchev–Trinajstić information content (AvgIpc) is 3.62. The third kappa shape index (κ3) is 5.42. The van der Waals surface area contributed by atoms with Crippen molar-refractivity contribution in [2.45, 2.75) is 82.9 Å². The van der Waals surface area contributed by atoms with Crippen LogP contribution in [-0.2, 0) is 26.6 Å². The Morgan fingerprint density at radius 2 is 1.77 bits per heavy atom. The number of carbonyl (C=O) groups excluding carboxylic acids is 1. The smallest absolute Gasteiger partial charge is 0.379 e. The Labute approximate surface area is 230 Å². The molecule has 1 aliphatic carbocycles. The maximum absolute atomic E-state index is 14.1. The van der Waals surface area contributed by atoms with Crippen LogP contribution in [0.1, 0.15) is 63.8 Å². The number of aromatic nitrogens is 1. The molecule has 6 atom stereocenters. The summed E-state index contributed by atoms with van der Waals surface area (Å²) in [6.07, 6.45) is -5.01. The van der Waals surface area contributed by atoms with Crippen molar-refractivity contribution in [1.82, 2.24) is 9.88 Å². The fraction of sp³-hybridized carbons (Fsp3) is 0.786. The molecule has 4 heterocycles. The molecule has 3 saturated heterocycles. The largest absolute Gasteiger partial charge is 0.433 e. The van der Waals surface area contributed by atoms with Crippen molar-refractivity contribution in [3.05, 3.63) is 23.5 Å². The molecule has 4 aliphatic rings. The van der Waals surface area contributed by atoms with Crippen LogP contribution in [-0.4, -0.2) is 67.4 Å². The van der Waals surface area contributed by atoms with Crippen LogP contribution in [0, 0.1) is 23.2 Å². The number of anilines is 1. The Hall–Kier alpha value is -2.08. The zero-order chi connectivity index (χ0) is 29.0. The highest BCUT2D eigenvalue weighted by molar-refractivity contribution is 5.84. The van der Waals surface area contributed by atoms with E-state index in [1.54, 1.807) is 12.0 Å². The van der Waals surface area contributed by atoms with Crippen LogP contribution in [0.2, 0.25) is 0 Å². The molecule has 1 aromatic rings. The number of halogens is 6. The first-order chi connectivity index (χ1) is 18.7. The third-order valence-corrected chi connectivity index (χ3v) is 9.79. The number of alkyl halides is 6. The topological polar surface area (TPSA) is 54.9 Å². The Kier molecular flexibility index (Phi) is 7.82. The molecule has 2 bridgehead atoms. The second-order valence-electron chi connectivity index (χ2n) is 12.3. The Morgan fingerprint density at radius 3 is 2.33 bits per heavy atom. The van der Waals surface area contributed by atoms with Crippen molar-refractivity contribution in [2.75, 3.05) is 38.3 Å². The highest BCUT2D eigenvalue weighted by atomic mass is 19.4. The number of likely N-dealkylation sites (tertiary alicyclic amines) is 1. The summed E-state index contributed by atoms with van der Waals surface area (Å²) in [5, 5.41) is 0. The van der Waals surface area contributed by atoms with Crippen LogP contribution in [0.3, 0.4) is 0 Å². The van der Waals surface area contributed by atoms with Crippen LogP contribution >= 0.6 is 0 Å². The SMILES string of the molecule is CO[C@@H]1COCC[C@@H]1C[C@@H]1CC[C@@](C(=O)N2C[C@H]3C[C@@H]2CN3c2cc(C(F)(F)F)nc(C(F)(F)F)c2)(C(C)C)C1. The molecule has 40 heavy (non-hydrogen) atoms. The minimum absolute atomic E-state index is 0.0581. The van der Waals surface area contributed by atoms with Gasteiger partial charge in [-0.1, -0.05) is 13.8 Å². The van der Waals surface area contributed by atoms with Gasteiger partial charge in [-0.15, -0.1) is 0 Å². The monoisotopic (exact) mass is 577 g/mol. The molecule has 1 aromatic heterocycles. The summed E-state index contributed by atoms with van der Waals surface area (Å²) in [6, 6.07) is 0.771. The molecule has 5 rings (SSSR count). The molecule has 0 unspecified atom stereocenters. The highest BCUT2D eigenvalue weighted by Crippen LogP contribution is 2.52. The van der Waals surface area contributed by atoms with E-state index in [-0.39, 0.29) is 42.2 Å². The average molecular weight is 578 g/mol. The van der Waals surface area contributed by atoms with Gasteiger partial charge in [0, 0.05) is 38.5 Å². The van der Waals surface area contributed by atoms with E-state index in [2.05, 4.69) is 18.8 Å². The van der Waals surface area contributed by atoms with Gasteiger partial charge in [0.15, 0.2) is 0 Å². The van der Waals surface area contributed by atoms with Crippen molar-refractivity contribution < 1.29 is 40.6 Å². The maximum atomic E-state index is 14.1. The Bertz CT molecular complexity index is 1060. The normalized spacial score (nSPS) is 32.9. The minimum atomic E-state index is -5.01. The number of methoxy groups -OCH3 is 1. The van der Waals surface area contributed by atoms with Crippen LogP contribution in [0.5, 0.6) is 0 Å². The highest BCUT2D eigenvalue weighted by Gasteiger charge is 2.55. The molecule has 0 N–H and O–H groups in total. The molecule has 1 amide bonds. The lowest BCUT2D eigenvalue weighted by Gasteiger charge is -2.42. The lowest BCUT2D eigenvalue weighted by Crippen LogP contribution is -2.54. The van der Waals surface area contributed by atoms with Gasteiger partial charge in [0.25, 0.3) is 0 Å². The van der Waals surface area contributed by atoms with Crippen molar-refractivity contribution in [1.29, 1.82) is 0 Å². The maximum Gasteiger partial charge on any atom is 0.433 e. The third-order valence-electron chi connectivity index (χ3n) is 9.79. The second-order valence-corrected chi connectivity index (χ2v) is 12.3. The summed E-state index contributed by atoms with van der Waals surface area (Å²) < 4.78 is 91.5. The zero-order valence-electron chi connectivity index (χ0n) is 23.0. The van der Waals surface area contributed by atoms with E-state index < -0.39 is 29.2 Å². The molecule has 4 fully saturated rings. The van der Waals surface area contributed by atoms with Gasteiger partial charge in [-0.25, -0.2) is 4.98 Å². The molecular formula is C28H37F6N3O3. The van der Waals surface area contributed by atoms with Crippen LogP contribution < -0.4 is 4.90 Å². The van der Waals surface area contributed by atoms with Gasteiger partial charge in [-0.05, 0) is 68.4 Å². The van der Waals surface area contributed by atoms with Gasteiger partial charge in [-0.2, -0.15) is 26.3 Å². The van der Waals surface area contributed by atoms with E-state index in [0.29, 0.717) is 50.1 Å². The van der Waals surface area contributed by atoms with E-state index in [1.807, 2.05) is 4.90 Å². The first-order valence-corrected chi connectivity index (χ1v) is 14.1. The quantitative estimate of drug-likeness (QED) is 0.401. The molecule has 12 heteroatoms. The number of nitrogens with zero attached hydrogens (tertiary/aromatic N) is 3. The van der Waals surface area contributed by atoms with Gasteiger partial charge < -0.3 is 19.3 Å². The van der Waals surface area contributed by atoms with Gasteiger partial charge in [0.2, 0.25) is 5.91 Å². The summed E-state index contributed by atoms with van der Waals surface area (Å²) >= 11 is 0. The fourth-order valence-corrected chi connectivity index (χ4v) is 7.55. The number of pyridine rings is 1. The van der Waals surface area contributed by atoms with Crippen molar-refractivity contribution in [3.63, 3.8) is 0 Å². The number of hydrogen-bond acceptors (Lipinski definition) is 5. The van der Waals surface area contributed by atoms with Gasteiger partial charge >= 0.3 is 12.4 Å². The number of carbonyl (C=O) groups is 1. The summed E-state index contributed by atoms with van der Waals surface area (Å²) in [5.74, 6) is 0.967. The van der Waals surface area contributed by atoms with Crippen LogP contribution in [0.25, 0.3) is 0 Å². The lowest BCUT2D eigenvalue weighted by molar-refractivity contribution is -0.150. The summed E-state index contributed by atoms with van der Waals surface area (Å²) in [4.78, 5) is 20.4. The van der Waals surface area contributed by atoms with Gasteiger partial charge in [0.1, 0.15) is 11.4 Å². The molecule has 3 aliphatic heterocycles. The Balaban J connectivity index is 1.30. The summed E-state index contributed by atoms with van der Waals surface area (Å²) in [6.45, 7) is 5.93. The number of rotatable bonds is 6. The molecule has 224 valence electrons. The zero-order valence-corrected chi connectivity index (χ0v) is 23.0. The molecule has 0 spiro atoms. The van der Waals surface area contributed by atoms with Crippen molar-refractivity contribution in [2.24, 2.45) is 23.2 Å². The number of amides is 1. The predicted molar refractivity (Wildman–Crippen MR) is 134 cm³/mol. The first kappa shape index (κ1) is 29.4. The standard InChI is InChI=1S/C28H37F6N3O3/c1-16(2)26(6-4-17(12-26)8-18-5-7-40-15-22(18)39-3)25(38)37-14-20-9-21(37)13-36(20)19-10-23(27(29,30)31)35-24(11-19)28(32,33)34/h10-11,16-18,20-22H,4-9,12-15H2,1-3H3/t17-,18+,20+,21+,22+,26-/m0/s1. The number of fused-ring (bicyclic) bond motifs is 2. The molecule has 0 aromatic carbocycles.